The van der Waals surface area contributed by atoms with Crippen molar-refractivity contribution >= 4 is 40.7 Å². The van der Waals surface area contributed by atoms with Gasteiger partial charge in [0.15, 0.2) is 0 Å². The summed E-state index contributed by atoms with van der Waals surface area (Å²) in [4.78, 5) is 28.1. The Morgan fingerprint density at radius 3 is 2.87 bits per heavy atom. The molecule has 1 aromatic carbocycles. The van der Waals surface area contributed by atoms with Crippen LogP contribution in [0.25, 0.3) is 11.0 Å². The van der Waals surface area contributed by atoms with Gasteiger partial charge in [0.25, 0.3) is 0 Å². The molecule has 9 heteroatoms. The number of anilines is 1. The second-order valence-electron chi connectivity index (χ2n) is 4.60. The third-order valence-corrected chi connectivity index (χ3v) is 3.11. The van der Waals surface area contributed by atoms with Gasteiger partial charge < -0.3 is 14.8 Å². The van der Waals surface area contributed by atoms with Crippen LogP contribution in [-0.2, 0) is 9.47 Å². The van der Waals surface area contributed by atoms with Gasteiger partial charge in [0.05, 0.1) is 24.8 Å². The standard InChI is InChI=1S/C14H17ClN4O4/c1-9-3-4-11-10(7-9)17-12(18-14(21)22-2)19(11)13(20)16-8-23-6-5-15/h3-4,7H,5-6,8H2,1-2H3,(H,16,20)(H,17,18,21). The maximum absolute atomic E-state index is 12.4. The van der Waals surface area contributed by atoms with E-state index < -0.39 is 12.1 Å². The van der Waals surface area contributed by atoms with Crippen molar-refractivity contribution in [3.8, 4) is 0 Å². The number of carbonyl (C=O) groups excluding carboxylic acids is 2. The number of carbonyl (C=O) groups is 2. The summed E-state index contributed by atoms with van der Waals surface area (Å²) in [6.07, 6.45) is -0.718. The van der Waals surface area contributed by atoms with Crippen LogP contribution < -0.4 is 10.6 Å². The molecule has 0 saturated heterocycles. The van der Waals surface area contributed by atoms with Gasteiger partial charge in [-0.25, -0.2) is 19.1 Å². The molecule has 8 nitrogen and oxygen atoms in total. The fourth-order valence-electron chi connectivity index (χ4n) is 1.94. The summed E-state index contributed by atoms with van der Waals surface area (Å²) in [6.45, 7) is 2.22. The Bertz CT molecular complexity index is 716. The molecular weight excluding hydrogens is 324 g/mol. The molecule has 2 amide bonds. The van der Waals surface area contributed by atoms with Gasteiger partial charge in [0.1, 0.15) is 6.73 Å². The van der Waals surface area contributed by atoms with Crippen molar-refractivity contribution in [1.29, 1.82) is 0 Å². The lowest BCUT2D eigenvalue weighted by Gasteiger charge is -2.10. The third kappa shape index (κ3) is 4.11. The summed E-state index contributed by atoms with van der Waals surface area (Å²) in [7, 11) is 1.23. The number of nitrogens with zero attached hydrogens (tertiary/aromatic N) is 2. The molecule has 0 aliphatic rings. The monoisotopic (exact) mass is 340 g/mol. The number of amides is 2. The van der Waals surface area contributed by atoms with Crippen LogP contribution in [0.4, 0.5) is 15.5 Å². The minimum absolute atomic E-state index is 0.00521. The molecule has 2 N–H and O–H groups in total. The Hall–Kier alpha value is -2.32. The molecule has 0 bridgehead atoms. The van der Waals surface area contributed by atoms with Gasteiger partial charge in [-0.05, 0) is 24.6 Å². The van der Waals surface area contributed by atoms with Gasteiger partial charge in [-0.15, -0.1) is 11.6 Å². The van der Waals surface area contributed by atoms with Crippen LogP contribution in [0.1, 0.15) is 5.56 Å². The van der Waals surface area contributed by atoms with Crippen molar-refractivity contribution in [2.45, 2.75) is 6.92 Å². The van der Waals surface area contributed by atoms with Crippen LogP contribution in [0.3, 0.4) is 0 Å². The molecule has 2 aromatic rings. The zero-order chi connectivity index (χ0) is 16.8. The van der Waals surface area contributed by atoms with E-state index in [4.69, 9.17) is 16.3 Å². The summed E-state index contributed by atoms with van der Waals surface area (Å²) in [5.74, 6) is 0.394. The zero-order valence-corrected chi connectivity index (χ0v) is 13.5. The number of aryl methyl sites for hydroxylation is 1. The van der Waals surface area contributed by atoms with Crippen molar-refractivity contribution in [3.05, 3.63) is 23.8 Å². The molecule has 23 heavy (non-hydrogen) atoms. The Balaban J connectivity index is 2.31. The summed E-state index contributed by atoms with van der Waals surface area (Å²) >= 11 is 5.49. The van der Waals surface area contributed by atoms with Gasteiger partial charge in [-0.3, -0.25) is 5.32 Å². The second-order valence-corrected chi connectivity index (χ2v) is 4.98. The zero-order valence-electron chi connectivity index (χ0n) is 12.8. The number of hydrogen-bond donors (Lipinski definition) is 2. The first-order valence-corrected chi connectivity index (χ1v) is 7.36. The van der Waals surface area contributed by atoms with E-state index in [1.54, 1.807) is 6.07 Å². The normalized spacial score (nSPS) is 10.6. The first kappa shape index (κ1) is 17.0. The number of ether oxygens (including phenoxy) is 2. The molecule has 0 aliphatic carbocycles. The highest BCUT2D eigenvalue weighted by atomic mass is 35.5. The Morgan fingerprint density at radius 1 is 1.39 bits per heavy atom. The highest BCUT2D eigenvalue weighted by Crippen LogP contribution is 2.20. The van der Waals surface area contributed by atoms with E-state index in [0.29, 0.717) is 23.5 Å². The fourth-order valence-corrected chi connectivity index (χ4v) is 2.05. The van der Waals surface area contributed by atoms with E-state index >= 15 is 0 Å². The molecule has 2 rings (SSSR count). The minimum atomic E-state index is -0.718. The molecule has 0 unspecified atom stereocenters. The van der Waals surface area contributed by atoms with Gasteiger partial charge in [0, 0.05) is 5.88 Å². The Kier molecular flexibility index (Phi) is 5.78. The number of halogens is 1. The SMILES string of the molecule is COC(=O)Nc1nc2cc(C)ccc2n1C(=O)NCOCCCl. The number of alkyl halides is 1. The summed E-state index contributed by atoms with van der Waals surface area (Å²) in [6, 6.07) is 4.92. The van der Waals surface area contributed by atoms with Crippen LogP contribution in [0.2, 0.25) is 0 Å². The highest BCUT2D eigenvalue weighted by Gasteiger charge is 2.18. The van der Waals surface area contributed by atoms with Crippen molar-refractivity contribution in [2.75, 3.05) is 31.6 Å². The highest BCUT2D eigenvalue weighted by molar-refractivity contribution is 6.17. The van der Waals surface area contributed by atoms with Crippen molar-refractivity contribution in [3.63, 3.8) is 0 Å². The first-order valence-electron chi connectivity index (χ1n) is 6.82. The molecule has 124 valence electrons. The summed E-state index contributed by atoms with van der Waals surface area (Å²) < 4.78 is 10.9. The predicted octanol–water partition coefficient (Wildman–Crippen LogP) is 2.29. The van der Waals surface area contributed by atoms with Crippen LogP contribution in [0.15, 0.2) is 18.2 Å². The van der Waals surface area contributed by atoms with E-state index in [2.05, 4.69) is 20.4 Å². The van der Waals surface area contributed by atoms with Crippen molar-refractivity contribution in [2.24, 2.45) is 0 Å². The summed E-state index contributed by atoms with van der Waals surface area (Å²) in [5.41, 5.74) is 2.11. The number of methoxy groups -OCH3 is 1. The molecule has 0 aliphatic heterocycles. The summed E-state index contributed by atoms with van der Waals surface area (Å²) in [5, 5.41) is 4.99. The van der Waals surface area contributed by atoms with E-state index in [1.165, 1.54) is 11.7 Å². The van der Waals surface area contributed by atoms with Crippen molar-refractivity contribution in [1.82, 2.24) is 14.9 Å². The maximum atomic E-state index is 12.4. The van der Waals surface area contributed by atoms with Gasteiger partial charge in [-0.2, -0.15) is 0 Å². The smallest absolute Gasteiger partial charge is 0.413 e. The van der Waals surface area contributed by atoms with Gasteiger partial charge in [0.2, 0.25) is 5.95 Å². The fraction of sp³-hybridized carbons (Fsp3) is 0.357. The van der Waals surface area contributed by atoms with Crippen LogP contribution >= 0.6 is 11.6 Å². The van der Waals surface area contributed by atoms with Crippen LogP contribution in [0.5, 0.6) is 0 Å². The third-order valence-electron chi connectivity index (χ3n) is 2.96. The van der Waals surface area contributed by atoms with Gasteiger partial charge in [-0.1, -0.05) is 6.07 Å². The quantitative estimate of drug-likeness (QED) is 0.494. The molecule has 0 spiro atoms. The number of imidazole rings is 1. The lowest BCUT2D eigenvalue weighted by atomic mass is 10.2. The van der Waals surface area contributed by atoms with Gasteiger partial charge >= 0.3 is 12.1 Å². The molecule has 0 saturated carbocycles. The van der Waals surface area contributed by atoms with E-state index in [1.807, 2.05) is 19.1 Å². The average Bonchev–Trinajstić information content (AvgIpc) is 2.88. The number of hydrogen-bond acceptors (Lipinski definition) is 5. The first-order chi connectivity index (χ1) is 11.1. The average molecular weight is 341 g/mol. The molecule has 0 fully saturated rings. The van der Waals surface area contributed by atoms with Crippen LogP contribution in [0, 0.1) is 6.92 Å². The lowest BCUT2D eigenvalue weighted by molar-refractivity contribution is 0.134. The largest absolute Gasteiger partial charge is 0.453 e. The number of benzene rings is 1. The van der Waals surface area contributed by atoms with E-state index in [-0.39, 0.29) is 12.7 Å². The molecule has 0 radical (unpaired) electrons. The second kappa shape index (κ2) is 7.80. The lowest BCUT2D eigenvalue weighted by Crippen LogP contribution is -2.32. The Labute approximate surface area is 137 Å². The number of nitrogens with one attached hydrogen (secondary N) is 2. The Morgan fingerprint density at radius 2 is 2.17 bits per heavy atom. The predicted molar refractivity (Wildman–Crippen MR) is 86.0 cm³/mol. The maximum Gasteiger partial charge on any atom is 0.413 e. The topological polar surface area (TPSA) is 94.5 Å². The molecule has 0 atom stereocenters. The number of aromatic nitrogens is 2. The van der Waals surface area contributed by atoms with Crippen LogP contribution in [-0.4, -0.2) is 48.0 Å². The van der Waals surface area contributed by atoms with Crippen molar-refractivity contribution < 1.29 is 19.1 Å². The molecule has 1 aromatic heterocycles. The number of fused-ring (bicyclic) bond motifs is 1. The number of rotatable bonds is 5. The minimum Gasteiger partial charge on any atom is -0.453 e. The molecular formula is C14H17ClN4O4. The van der Waals surface area contributed by atoms with E-state index in [0.717, 1.165) is 5.56 Å². The van der Waals surface area contributed by atoms with E-state index in [9.17, 15) is 9.59 Å². The molecule has 1 heterocycles.